The Kier molecular flexibility index (Phi) is 7.94. The third-order valence-electron chi connectivity index (χ3n) is 5.82. The van der Waals surface area contributed by atoms with Crippen molar-refractivity contribution in [3.8, 4) is 0 Å². The molecule has 2 aromatic carbocycles. The number of benzene rings is 2. The zero-order valence-corrected chi connectivity index (χ0v) is 20.1. The maximum atomic E-state index is 14.3. The molecule has 0 aliphatic heterocycles. The van der Waals surface area contributed by atoms with E-state index in [1.807, 2.05) is 0 Å². The number of aliphatic hydroxyl groups excluding tert-OH is 1. The lowest BCUT2D eigenvalue weighted by Crippen LogP contribution is -2.55. The van der Waals surface area contributed by atoms with Crippen LogP contribution in [0.5, 0.6) is 0 Å². The second-order valence-corrected chi connectivity index (χ2v) is 8.94. The Morgan fingerprint density at radius 3 is 2.43 bits per heavy atom. The van der Waals surface area contributed by atoms with E-state index in [9.17, 15) is 27.9 Å². The molecule has 0 saturated heterocycles. The van der Waals surface area contributed by atoms with Crippen molar-refractivity contribution in [1.82, 2.24) is 15.3 Å². The first-order valence-electron chi connectivity index (χ1n) is 11.3. The molecule has 1 aromatic heterocycles. The summed E-state index contributed by atoms with van der Waals surface area (Å²) in [5.74, 6) is -5.17. The fraction of sp³-hybridized carbons (Fsp3) is 0.280. The number of hydrogen-bond acceptors (Lipinski definition) is 6. The summed E-state index contributed by atoms with van der Waals surface area (Å²) >= 11 is 6.41. The van der Waals surface area contributed by atoms with Gasteiger partial charge in [-0.05, 0) is 30.3 Å². The molecule has 2 amide bonds. The molecule has 1 saturated carbocycles. The second kappa shape index (κ2) is 11.1. The Labute approximate surface area is 215 Å². The predicted molar refractivity (Wildman–Crippen MR) is 131 cm³/mol. The Morgan fingerprint density at radius 1 is 1.11 bits per heavy atom. The molecule has 0 bridgehead atoms. The quantitative estimate of drug-likeness (QED) is 0.387. The average Bonchev–Trinajstić information content (AvgIpc) is 2.85. The zero-order chi connectivity index (χ0) is 26.6. The first-order chi connectivity index (χ1) is 17.7. The molecule has 2 atom stereocenters. The molecule has 0 spiro atoms. The molecular formula is C25H23ClF3N5O3. The van der Waals surface area contributed by atoms with Gasteiger partial charge in [-0.1, -0.05) is 35.9 Å². The summed E-state index contributed by atoms with van der Waals surface area (Å²) < 4.78 is 41.2. The van der Waals surface area contributed by atoms with Gasteiger partial charge in [0.05, 0.1) is 6.61 Å². The van der Waals surface area contributed by atoms with Crippen LogP contribution < -0.4 is 15.5 Å². The molecule has 1 aliphatic carbocycles. The summed E-state index contributed by atoms with van der Waals surface area (Å²) in [4.78, 5) is 36.4. The van der Waals surface area contributed by atoms with Crippen LogP contribution in [-0.4, -0.2) is 51.5 Å². The van der Waals surface area contributed by atoms with E-state index in [2.05, 4.69) is 20.6 Å². The van der Waals surface area contributed by atoms with Crippen LogP contribution >= 0.6 is 11.6 Å². The maximum Gasteiger partial charge on any atom is 0.252 e. The summed E-state index contributed by atoms with van der Waals surface area (Å²) in [6.07, 6.45) is 1.75. The summed E-state index contributed by atoms with van der Waals surface area (Å²) in [5, 5.41) is 15.4. The van der Waals surface area contributed by atoms with Gasteiger partial charge in [0.1, 0.15) is 17.9 Å². The Morgan fingerprint density at radius 2 is 1.81 bits per heavy atom. The van der Waals surface area contributed by atoms with Crippen LogP contribution in [0.4, 0.5) is 24.8 Å². The SMILES string of the molecule is O=C(NC1CC(F)(F)C1)[C@H](c1ccccc1Cl)N(C(=O)[C@H](CO)Nc1ncccn1)c1cccc(F)c1. The summed E-state index contributed by atoms with van der Waals surface area (Å²) in [6, 6.07) is 9.08. The fourth-order valence-electron chi connectivity index (χ4n) is 4.05. The van der Waals surface area contributed by atoms with Gasteiger partial charge >= 0.3 is 0 Å². The maximum absolute atomic E-state index is 14.3. The number of nitrogens with one attached hydrogen (secondary N) is 2. The minimum absolute atomic E-state index is 0.0155. The first kappa shape index (κ1) is 26.4. The van der Waals surface area contributed by atoms with Crippen LogP contribution in [0.15, 0.2) is 67.0 Å². The Balaban J connectivity index is 1.77. The zero-order valence-electron chi connectivity index (χ0n) is 19.3. The number of carbonyl (C=O) groups excluding carboxylic acids is 2. The topological polar surface area (TPSA) is 107 Å². The lowest BCUT2D eigenvalue weighted by atomic mass is 9.87. The highest BCUT2D eigenvalue weighted by atomic mass is 35.5. The summed E-state index contributed by atoms with van der Waals surface area (Å²) in [5.41, 5.74) is 0.163. The first-order valence-corrected chi connectivity index (χ1v) is 11.7. The van der Waals surface area contributed by atoms with Crippen LogP contribution in [0.3, 0.4) is 0 Å². The van der Waals surface area contributed by atoms with Crippen LogP contribution in [0.25, 0.3) is 0 Å². The van der Waals surface area contributed by atoms with Gasteiger partial charge < -0.3 is 15.7 Å². The van der Waals surface area contributed by atoms with Crippen molar-refractivity contribution >= 4 is 35.1 Å². The van der Waals surface area contributed by atoms with Crippen LogP contribution in [0, 0.1) is 5.82 Å². The highest BCUT2D eigenvalue weighted by Crippen LogP contribution is 2.39. The van der Waals surface area contributed by atoms with Gasteiger partial charge in [-0.25, -0.2) is 23.1 Å². The number of amides is 2. The normalized spacial score (nSPS) is 16.2. The number of carbonyl (C=O) groups is 2. The van der Waals surface area contributed by atoms with E-state index >= 15 is 0 Å². The van der Waals surface area contributed by atoms with E-state index in [1.165, 1.54) is 36.7 Å². The minimum Gasteiger partial charge on any atom is -0.394 e. The smallest absolute Gasteiger partial charge is 0.252 e. The molecule has 0 unspecified atom stereocenters. The molecular weight excluding hydrogens is 511 g/mol. The molecule has 37 heavy (non-hydrogen) atoms. The van der Waals surface area contributed by atoms with Gasteiger partial charge in [0.2, 0.25) is 11.9 Å². The van der Waals surface area contributed by atoms with Crippen molar-refractivity contribution in [2.24, 2.45) is 0 Å². The van der Waals surface area contributed by atoms with Crippen molar-refractivity contribution in [1.29, 1.82) is 0 Å². The monoisotopic (exact) mass is 533 g/mol. The number of rotatable bonds is 9. The molecule has 1 aliphatic rings. The molecule has 12 heteroatoms. The molecule has 1 heterocycles. The third kappa shape index (κ3) is 6.17. The van der Waals surface area contributed by atoms with Crippen LogP contribution in [-0.2, 0) is 9.59 Å². The van der Waals surface area contributed by atoms with E-state index in [0.717, 1.165) is 17.0 Å². The number of halogens is 4. The molecule has 8 nitrogen and oxygen atoms in total. The van der Waals surface area contributed by atoms with Gasteiger partial charge in [0, 0.05) is 47.6 Å². The second-order valence-electron chi connectivity index (χ2n) is 8.53. The van der Waals surface area contributed by atoms with Crippen molar-refractivity contribution < 1.29 is 27.9 Å². The van der Waals surface area contributed by atoms with E-state index in [4.69, 9.17) is 11.6 Å². The van der Waals surface area contributed by atoms with Crippen molar-refractivity contribution in [2.75, 3.05) is 16.8 Å². The van der Waals surface area contributed by atoms with E-state index < -0.39 is 61.1 Å². The fourth-order valence-corrected chi connectivity index (χ4v) is 4.29. The number of aliphatic hydroxyl groups is 1. The van der Waals surface area contributed by atoms with E-state index in [-0.39, 0.29) is 22.2 Å². The average molecular weight is 534 g/mol. The molecule has 3 aromatic rings. The number of nitrogens with zero attached hydrogens (tertiary/aromatic N) is 3. The van der Waals surface area contributed by atoms with Crippen molar-refractivity contribution in [3.63, 3.8) is 0 Å². The predicted octanol–water partition coefficient (Wildman–Crippen LogP) is 3.73. The molecule has 0 radical (unpaired) electrons. The van der Waals surface area contributed by atoms with Gasteiger partial charge in [0.15, 0.2) is 0 Å². The van der Waals surface area contributed by atoms with Crippen LogP contribution in [0.2, 0.25) is 5.02 Å². The number of aromatic nitrogens is 2. The van der Waals surface area contributed by atoms with Crippen molar-refractivity contribution in [3.05, 3.63) is 83.4 Å². The molecule has 3 N–H and O–H groups in total. The largest absolute Gasteiger partial charge is 0.394 e. The van der Waals surface area contributed by atoms with Gasteiger partial charge in [0.25, 0.3) is 11.8 Å². The lowest BCUT2D eigenvalue weighted by molar-refractivity contribution is -0.133. The highest BCUT2D eigenvalue weighted by Gasteiger charge is 2.47. The number of hydrogen-bond donors (Lipinski definition) is 3. The highest BCUT2D eigenvalue weighted by molar-refractivity contribution is 6.31. The molecule has 194 valence electrons. The Hall–Kier alpha value is -3.70. The Bertz CT molecular complexity index is 1260. The third-order valence-corrected chi connectivity index (χ3v) is 6.16. The minimum atomic E-state index is -2.89. The van der Waals surface area contributed by atoms with Gasteiger partial charge in [-0.2, -0.15) is 0 Å². The number of alkyl halides is 2. The molecule has 1 fully saturated rings. The van der Waals surface area contributed by atoms with Gasteiger partial charge in [-0.15, -0.1) is 0 Å². The lowest BCUT2D eigenvalue weighted by Gasteiger charge is -2.39. The summed E-state index contributed by atoms with van der Waals surface area (Å²) in [7, 11) is 0. The van der Waals surface area contributed by atoms with Crippen molar-refractivity contribution in [2.45, 2.75) is 36.9 Å². The number of anilines is 2. The van der Waals surface area contributed by atoms with Crippen LogP contribution in [0.1, 0.15) is 24.4 Å². The summed E-state index contributed by atoms with van der Waals surface area (Å²) in [6.45, 7) is -0.728. The van der Waals surface area contributed by atoms with E-state index in [0.29, 0.717) is 0 Å². The van der Waals surface area contributed by atoms with E-state index in [1.54, 1.807) is 18.2 Å². The molecule has 4 rings (SSSR count). The van der Waals surface area contributed by atoms with Gasteiger partial charge in [-0.3, -0.25) is 14.5 Å². The standard InChI is InChI=1S/C25H23ClF3N5O3/c26-19-8-2-1-7-18(19)21(22(36)32-16-12-25(28,29)13-16)34(17-6-3-5-15(27)11-17)23(37)20(14-35)33-24-30-9-4-10-31-24/h1-11,16,20-21,35H,12-14H2,(H,32,36)(H,30,31,33)/t20-,21-/m0/s1.